The molecule has 2 N–H and O–H groups in total. The smallest absolute Gasteiger partial charge is 0.0297 e. The van der Waals surface area contributed by atoms with Crippen LogP contribution in [0.2, 0.25) is 0 Å². The summed E-state index contributed by atoms with van der Waals surface area (Å²) in [6, 6.07) is 11.0. The lowest BCUT2D eigenvalue weighted by Gasteiger charge is -2.36. The van der Waals surface area contributed by atoms with E-state index in [-0.39, 0.29) is 0 Å². The van der Waals surface area contributed by atoms with Crippen molar-refractivity contribution in [3.05, 3.63) is 30.3 Å². The van der Waals surface area contributed by atoms with Crippen molar-refractivity contribution in [1.29, 1.82) is 0 Å². The van der Waals surface area contributed by atoms with Crippen molar-refractivity contribution < 1.29 is 0 Å². The third-order valence-corrected chi connectivity index (χ3v) is 3.40. The van der Waals surface area contributed by atoms with Crippen LogP contribution in [0.1, 0.15) is 0 Å². The summed E-state index contributed by atoms with van der Waals surface area (Å²) in [6.07, 6.45) is 0. The summed E-state index contributed by atoms with van der Waals surface area (Å²) in [5.74, 6) is 1.16. The Hall–Kier alpha value is -0.510. The fourth-order valence-corrected chi connectivity index (χ4v) is 2.54. The Morgan fingerprint density at radius 2 is 2.00 bits per heavy atom. The van der Waals surface area contributed by atoms with E-state index < -0.39 is 0 Å². The quantitative estimate of drug-likeness (QED) is 0.759. The average molecular weight is 208 g/mol. The highest BCUT2D eigenvalue weighted by atomic mass is 32.2. The van der Waals surface area contributed by atoms with Gasteiger partial charge in [0, 0.05) is 36.3 Å². The van der Waals surface area contributed by atoms with Gasteiger partial charge in [0.2, 0.25) is 0 Å². The summed E-state index contributed by atoms with van der Waals surface area (Å²) in [6.45, 7) is 3.32. The van der Waals surface area contributed by atoms with Crippen molar-refractivity contribution in [2.24, 2.45) is 5.73 Å². The summed E-state index contributed by atoms with van der Waals surface area (Å²) < 4.78 is 0. The molecule has 1 aromatic carbocycles. The molecule has 0 aliphatic carbocycles. The molecule has 0 radical (unpaired) electrons. The molecule has 2 nitrogen and oxygen atoms in total. The zero-order chi connectivity index (χ0) is 9.80. The highest BCUT2D eigenvalue weighted by molar-refractivity contribution is 7.99. The summed E-state index contributed by atoms with van der Waals surface area (Å²) in [5.41, 5.74) is 5.70. The highest BCUT2D eigenvalue weighted by Crippen LogP contribution is 2.17. The summed E-state index contributed by atoms with van der Waals surface area (Å²) >= 11 is 1.92. The minimum atomic E-state index is 0.428. The Balaban J connectivity index is 1.64. The molecule has 1 heterocycles. The Labute approximate surface area is 89.5 Å². The maximum Gasteiger partial charge on any atom is 0.0297 e. The molecular weight excluding hydrogens is 192 g/mol. The molecule has 0 bridgehead atoms. The second-order valence-electron chi connectivity index (χ2n) is 3.68. The summed E-state index contributed by atoms with van der Waals surface area (Å²) in [7, 11) is 0. The van der Waals surface area contributed by atoms with Gasteiger partial charge in [-0.25, -0.2) is 0 Å². The molecular formula is C11H16N2S. The van der Waals surface area contributed by atoms with Crippen LogP contribution in [0.15, 0.2) is 35.2 Å². The average Bonchev–Trinajstić information content (AvgIpc) is 2.17. The van der Waals surface area contributed by atoms with Gasteiger partial charge in [-0.15, -0.1) is 11.8 Å². The molecule has 0 atom stereocenters. The largest absolute Gasteiger partial charge is 0.325 e. The maximum absolute atomic E-state index is 5.70. The van der Waals surface area contributed by atoms with E-state index >= 15 is 0 Å². The second kappa shape index (κ2) is 4.82. The van der Waals surface area contributed by atoms with Gasteiger partial charge in [0.25, 0.3) is 0 Å². The Morgan fingerprint density at radius 1 is 1.29 bits per heavy atom. The monoisotopic (exact) mass is 208 g/mol. The van der Waals surface area contributed by atoms with Crippen LogP contribution in [-0.4, -0.2) is 36.3 Å². The molecule has 14 heavy (non-hydrogen) atoms. The van der Waals surface area contributed by atoms with Crippen LogP contribution in [0, 0.1) is 0 Å². The molecule has 1 fully saturated rings. The van der Waals surface area contributed by atoms with Crippen LogP contribution in [-0.2, 0) is 0 Å². The van der Waals surface area contributed by atoms with Gasteiger partial charge >= 0.3 is 0 Å². The summed E-state index contributed by atoms with van der Waals surface area (Å²) in [5, 5.41) is 0. The van der Waals surface area contributed by atoms with E-state index in [1.54, 1.807) is 0 Å². The molecule has 1 aliphatic rings. The lowest BCUT2D eigenvalue weighted by Crippen LogP contribution is -2.56. The Morgan fingerprint density at radius 3 is 2.64 bits per heavy atom. The van der Waals surface area contributed by atoms with Crippen molar-refractivity contribution in [1.82, 2.24) is 4.90 Å². The van der Waals surface area contributed by atoms with E-state index in [1.165, 1.54) is 4.90 Å². The lowest BCUT2D eigenvalue weighted by atomic mass is 10.1. The number of hydrogen-bond acceptors (Lipinski definition) is 3. The number of nitrogens with two attached hydrogens (primary N) is 1. The topological polar surface area (TPSA) is 29.3 Å². The van der Waals surface area contributed by atoms with E-state index in [0.717, 1.165) is 25.4 Å². The van der Waals surface area contributed by atoms with Crippen molar-refractivity contribution in [3.63, 3.8) is 0 Å². The van der Waals surface area contributed by atoms with Crippen LogP contribution in [0.3, 0.4) is 0 Å². The molecule has 1 aliphatic heterocycles. The van der Waals surface area contributed by atoms with E-state index in [0.29, 0.717) is 6.04 Å². The van der Waals surface area contributed by atoms with Crippen LogP contribution in [0.4, 0.5) is 0 Å². The number of hydrogen-bond donors (Lipinski definition) is 1. The normalized spacial score (nSPS) is 18.1. The third-order valence-electron chi connectivity index (χ3n) is 2.40. The molecule has 0 spiro atoms. The fraction of sp³-hybridized carbons (Fsp3) is 0.455. The third kappa shape index (κ3) is 2.74. The molecule has 1 aromatic rings. The zero-order valence-corrected chi connectivity index (χ0v) is 9.04. The second-order valence-corrected chi connectivity index (χ2v) is 4.85. The summed E-state index contributed by atoms with van der Waals surface area (Å²) in [4.78, 5) is 3.76. The van der Waals surface area contributed by atoms with Gasteiger partial charge in [-0.3, -0.25) is 4.90 Å². The van der Waals surface area contributed by atoms with Crippen LogP contribution in [0.5, 0.6) is 0 Å². The van der Waals surface area contributed by atoms with Crippen molar-refractivity contribution >= 4 is 11.8 Å². The first-order chi connectivity index (χ1) is 6.84. The van der Waals surface area contributed by atoms with Crippen molar-refractivity contribution in [3.8, 4) is 0 Å². The van der Waals surface area contributed by atoms with Gasteiger partial charge in [-0.1, -0.05) is 18.2 Å². The number of rotatable bonds is 4. The fourth-order valence-electron chi connectivity index (χ4n) is 1.60. The standard InChI is InChI=1S/C11H16N2S/c12-10-8-13(9-10)6-7-14-11-4-2-1-3-5-11/h1-5,10H,6-9,12H2. The number of benzene rings is 1. The molecule has 0 saturated carbocycles. The number of likely N-dealkylation sites (tertiary alicyclic amines) is 1. The molecule has 0 aromatic heterocycles. The van der Waals surface area contributed by atoms with E-state index in [2.05, 4.69) is 35.2 Å². The molecule has 2 rings (SSSR count). The first-order valence-corrected chi connectivity index (χ1v) is 5.99. The number of thioether (sulfide) groups is 1. The van der Waals surface area contributed by atoms with Gasteiger partial charge in [-0.2, -0.15) is 0 Å². The first-order valence-electron chi connectivity index (χ1n) is 5.00. The predicted octanol–water partition coefficient (Wildman–Crippen LogP) is 1.42. The van der Waals surface area contributed by atoms with Gasteiger partial charge in [0.15, 0.2) is 0 Å². The predicted molar refractivity (Wildman–Crippen MR) is 61.6 cm³/mol. The van der Waals surface area contributed by atoms with Crippen LogP contribution < -0.4 is 5.73 Å². The molecule has 3 heteroatoms. The van der Waals surface area contributed by atoms with E-state index in [1.807, 2.05) is 11.8 Å². The van der Waals surface area contributed by atoms with Gasteiger partial charge < -0.3 is 5.73 Å². The molecule has 0 unspecified atom stereocenters. The van der Waals surface area contributed by atoms with Gasteiger partial charge in [0.05, 0.1) is 0 Å². The molecule has 0 amide bonds. The number of nitrogens with zero attached hydrogens (tertiary/aromatic N) is 1. The van der Waals surface area contributed by atoms with E-state index in [9.17, 15) is 0 Å². The minimum absolute atomic E-state index is 0.428. The zero-order valence-electron chi connectivity index (χ0n) is 8.23. The first kappa shape index (κ1) is 10.0. The minimum Gasteiger partial charge on any atom is -0.325 e. The van der Waals surface area contributed by atoms with Gasteiger partial charge in [-0.05, 0) is 12.1 Å². The van der Waals surface area contributed by atoms with Crippen molar-refractivity contribution in [2.45, 2.75) is 10.9 Å². The van der Waals surface area contributed by atoms with Crippen LogP contribution in [0.25, 0.3) is 0 Å². The highest BCUT2D eigenvalue weighted by Gasteiger charge is 2.21. The SMILES string of the molecule is NC1CN(CCSc2ccccc2)C1. The Kier molecular flexibility index (Phi) is 3.45. The lowest BCUT2D eigenvalue weighted by molar-refractivity contribution is 0.161. The van der Waals surface area contributed by atoms with Gasteiger partial charge in [0.1, 0.15) is 0 Å². The molecule has 1 saturated heterocycles. The van der Waals surface area contributed by atoms with E-state index in [4.69, 9.17) is 5.73 Å². The Bertz CT molecular complexity index is 270. The van der Waals surface area contributed by atoms with Crippen LogP contribution >= 0.6 is 11.8 Å². The van der Waals surface area contributed by atoms with Crippen molar-refractivity contribution in [2.75, 3.05) is 25.4 Å². The maximum atomic E-state index is 5.70. The molecule has 76 valence electrons.